The third-order valence-corrected chi connectivity index (χ3v) is 2.02. The Hall–Kier alpha value is -1.85. The Kier molecular flexibility index (Phi) is 2.41. The van der Waals surface area contributed by atoms with Gasteiger partial charge in [-0.3, -0.25) is 0 Å². The number of nitrogens with zero attached hydrogens (tertiary/aromatic N) is 1. The van der Waals surface area contributed by atoms with Crippen LogP contribution in [0.3, 0.4) is 0 Å². The third-order valence-electron chi connectivity index (χ3n) is 2.02. The normalized spacial score (nSPS) is 17.4. The van der Waals surface area contributed by atoms with Crippen LogP contribution in [0.1, 0.15) is 12.5 Å². The van der Waals surface area contributed by atoms with Crippen LogP contribution in [0.4, 0.5) is 8.78 Å². The van der Waals surface area contributed by atoms with Gasteiger partial charge in [0, 0.05) is 5.56 Å². The topological polar surface area (TPSA) is 40.0 Å². The summed E-state index contributed by atoms with van der Waals surface area (Å²) >= 11 is 0. The van der Waals surface area contributed by atoms with Gasteiger partial charge in [0.25, 0.3) is 0 Å². The molecule has 0 saturated carbocycles. The summed E-state index contributed by atoms with van der Waals surface area (Å²) in [4.78, 5) is 4.34. The second-order valence-corrected chi connectivity index (χ2v) is 3.13. The molecule has 1 radical (unpaired) electrons. The second kappa shape index (κ2) is 3.62. The molecule has 85 valence electrons. The molecule has 0 amide bonds. The predicted octanol–water partition coefficient (Wildman–Crippen LogP) is 2.54. The van der Waals surface area contributed by atoms with Crippen LogP contribution in [0.15, 0.2) is 23.4 Å². The van der Waals surface area contributed by atoms with Crippen molar-refractivity contribution in [3.63, 3.8) is 0 Å². The Morgan fingerprint density at radius 1 is 1.38 bits per heavy atom. The summed E-state index contributed by atoms with van der Waals surface area (Å²) in [5.74, 6) is -0.0294. The zero-order valence-electron chi connectivity index (χ0n) is 8.37. The number of fused-ring (bicyclic) bond motifs is 1. The summed E-state index contributed by atoms with van der Waals surface area (Å²) in [7, 11) is 3.08. The molecule has 0 N–H and O–H groups in total. The lowest BCUT2D eigenvalue weighted by Gasteiger charge is -2.04. The molecule has 4 nitrogen and oxygen atoms in total. The van der Waals surface area contributed by atoms with Crippen molar-refractivity contribution in [2.45, 2.75) is 13.2 Å². The van der Waals surface area contributed by atoms with E-state index in [1.807, 2.05) is 0 Å². The average Bonchev–Trinajstić information content (AvgIpc) is 2.50. The van der Waals surface area contributed by atoms with Gasteiger partial charge in [-0.2, -0.15) is 0 Å². The molecule has 16 heavy (non-hydrogen) atoms. The lowest BCUT2D eigenvalue weighted by molar-refractivity contribution is -0.286. The largest absolute Gasteiger partial charge is 0.586 e. The molecule has 0 saturated heterocycles. The molecule has 1 heterocycles. The van der Waals surface area contributed by atoms with Crippen LogP contribution in [0.25, 0.3) is 0 Å². The number of halogens is 2. The van der Waals surface area contributed by atoms with E-state index in [-0.39, 0.29) is 11.5 Å². The monoisotopic (exact) mass is 228 g/mol. The number of benzene rings is 1. The molecule has 1 aromatic carbocycles. The van der Waals surface area contributed by atoms with Crippen molar-refractivity contribution >= 4 is 5.71 Å². The summed E-state index contributed by atoms with van der Waals surface area (Å²) in [6.07, 6.45) is -3.60. The predicted molar refractivity (Wildman–Crippen MR) is 51.3 cm³/mol. The number of hydrogen-bond donors (Lipinski definition) is 0. The lowest BCUT2D eigenvalue weighted by Crippen LogP contribution is -2.25. The average molecular weight is 228 g/mol. The van der Waals surface area contributed by atoms with E-state index in [2.05, 4.69) is 26.6 Å². The molecule has 0 bridgehead atoms. The van der Waals surface area contributed by atoms with E-state index in [4.69, 9.17) is 0 Å². The maximum absolute atomic E-state index is 12.7. The molecule has 6 heteroatoms. The fraction of sp³-hybridized carbons (Fsp3) is 0.200. The number of ether oxygens (including phenoxy) is 2. The highest BCUT2D eigenvalue weighted by Gasteiger charge is 2.43. The SMILES string of the molecule is [CH2]O/N=C(\C)c1ccc2c(c1)OC(F)(F)O2. The highest BCUT2D eigenvalue weighted by Crippen LogP contribution is 2.41. The van der Waals surface area contributed by atoms with Crippen molar-refractivity contribution in [3.8, 4) is 11.5 Å². The van der Waals surface area contributed by atoms with Crippen molar-refractivity contribution in [1.82, 2.24) is 0 Å². The van der Waals surface area contributed by atoms with E-state index < -0.39 is 6.29 Å². The van der Waals surface area contributed by atoms with Crippen molar-refractivity contribution < 1.29 is 23.1 Å². The molecule has 1 aliphatic heterocycles. The quantitative estimate of drug-likeness (QED) is 0.576. The molecule has 0 spiro atoms. The molecular weight excluding hydrogens is 220 g/mol. The summed E-state index contributed by atoms with van der Waals surface area (Å²) < 4.78 is 34.0. The third kappa shape index (κ3) is 1.91. The maximum Gasteiger partial charge on any atom is 0.586 e. The standard InChI is InChI=1S/C10H8F2NO3/c1-6(13-14-2)7-3-4-8-9(5-7)16-10(11,12)15-8/h3-5H,2H2,1H3/b13-6+. The number of rotatable bonds is 2. The van der Waals surface area contributed by atoms with Crippen LogP contribution in [-0.2, 0) is 4.84 Å². The smallest absolute Gasteiger partial charge is 0.395 e. The van der Waals surface area contributed by atoms with Gasteiger partial charge in [-0.05, 0) is 25.1 Å². The van der Waals surface area contributed by atoms with E-state index in [0.29, 0.717) is 11.3 Å². The summed E-state index contributed by atoms with van der Waals surface area (Å²) in [5, 5.41) is 3.58. The molecule has 0 atom stereocenters. The van der Waals surface area contributed by atoms with Gasteiger partial charge in [-0.1, -0.05) is 5.16 Å². The first-order valence-corrected chi connectivity index (χ1v) is 4.38. The summed E-state index contributed by atoms with van der Waals surface area (Å²) in [6.45, 7) is 1.65. The molecule has 0 aromatic heterocycles. The first-order valence-electron chi connectivity index (χ1n) is 4.38. The van der Waals surface area contributed by atoms with Crippen LogP contribution >= 0.6 is 0 Å². The highest BCUT2D eigenvalue weighted by atomic mass is 19.3. The van der Waals surface area contributed by atoms with Gasteiger partial charge in [-0.25, -0.2) is 0 Å². The van der Waals surface area contributed by atoms with Gasteiger partial charge in [0.05, 0.1) is 5.71 Å². The Morgan fingerprint density at radius 3 is 2.75 bits per heavy atom. The fourth-order valence-corrected chi connectivity index (χ4v) is 1.32. The zero-order chi connectivity index (χ0) is 11.8. The molecule has 1 aliphatic rings. The maximum atomic E-state index is 12.7. The number of oxime groups is 1. The first kappa shape index (κ1) is 10.7. The Bertz CT molecular complexity index is 446. The molecule has 0 aliphatic carbocycles. The van der Waals surface area contributed by atoms with Crippen LogP contribution in [-0.4, -0.2) is 12.0 Å². The number of hydrogen-bond acceptors (Lipinski definition) is 4. The van der Waals surface area contributed by atoms with Gasteiger partial charge in [0.2, 0.25) is 0 Å². The minimum atomic E-state index is -3.60. The van der Waals surface area contributed by atoms with Crippen LogP contribution in [0.2, 0.25) is 0 Å². The van der Waals surface area contributed by atoms with E-state index in [1.54, 1.807) is 13.0 Å². The van der Waals surface area contributed by atoms with Crippen molar-refractivity contribution in [2.24, 2.45) is 5.16 Å². The number of alkyl halides is 2. The van der Waals surface area contributed by atoms with Gasteiger partial charge < -0.3 is 14.3 Å². The molecule has 2 rings (SSSR count). The lowest BCUT2D eigenvalue weighted by atomic mass is 10.1. The van der Waals surface area contributed by atoms with E-state index in [1.165, 1.54) is 12.1 Å². The first-order chi connectivity index (χ1) is 7.52. The van der Waals surface area contributed by atoms with E-state index in [0.717, 1.165) is 0 Å². The van der Waals surface area contributed by atoms with Crippen LogP contribution < -0.4 is 9.47 Å². The molecule has 0 unspecified atom stereocenters. The molecule has 0 fully saturated rings. The van der Waals surface area contributed by atoms with Crippen LogP contribution in [0, 0.1) is 7.11 Å². The minimum Gasteiger partial charge on any atom is -0.395 e. The summed E-state index contributed by atoms with van der Waals surface area (Å²) in [5.41, 5.74) is 1.08. The van der Waals surface area contributed by atoms with Gasteiger partial charge in [0.1, 0.15) is 0 Å². The highest BCUT2D eigenvalue weighted by molar-refractivity contribution is 5.98. The second-order valence-electron chi connectivity index (χ2n) is 3.13. The van der Waals surface area contributed by atoms with E-state index in [9.17, 15) is 8.78 Å². The van der Waals surface area contributed by atoms with Crippen LogP contribution in [0.5, 0.6) is 11.5 Å². The van der Waals surface area contributed by atoms with Gasteiger partial charge in [-0.15, -0.1) is 8.78 Å². The fourth-order valence-electron chi connectivity index (χ4n) is 1.32. The van der Waals surface area contributed by atoms with Crippen molar-refractivity contribution in [1.29, 1.82) is 0 Å². The van der Waals surface area contributed by atoms with Gasteiger partial charge >= 0.3 is 6.29 Å². The summed E-state index contributed by atoms with van der Waals surface area (Å²) in [6, 6.07) is 4.35. The molecular formula is C10H8F2NO3. The Balaban J connectivity index is 2.33. The Labute approximate surface area is 90.4 Å². The van der Waals surface area contributed by atoms with Gasteiger partial charge in [0.15, 0.2) is 18.6 Å². The Morgan fingerprint density at radius 2 is 2.06 bits per heavy atom. The minimum absolute atomic E-state index is 0.00269. The zero-order valence-corrected chi connectivity index (χ0v) is 8.37. The van der Waals surface area contributed by atoms with Crippen molar-refractivity contribution in [3.05, 3.63) is 30.9 Å². The van der Waals surface area contributed by atoms with Crippen molar-refractivity contribution in [2.75, 3.05) is 0 Å². The van der Waals surface area contributed by atoms with E-state index >= 15 is 0 Å². The molecule has 1 aromatic rings.